The van der Waals surface area contributed by atoms with Crippen molar-refractivity contribution in [1.29, 1.82) is 0 Å². The minimum atomic E-state index is -0.948. The molecular weight excluding hydrogens is 514 g/mol. The van der Waals surface area contributed by atoms with Crippen molar-refractivity contribution in [3.63, 3.8) is 0 Å². The van der Waals surface area contributed by atoms with Gasteiger partial charge in [0, 0.05) is 17.8 Å². The molecular formula is C34H47N3O4. The Hall–Kier alpha value is -3.35. The summed E-state index contributed by atoms with van der Waals surface area (Å²) in [5.41, 5.74) is 3.36. The number of aliphatic carboxylic acids is 1. The van der Waals surface area contributed by atoms with Crippen molar-refractivity contribution in [2.24, 2.45) is 17.8 Å². The van der Waals surface area contributed by atoms with E-state index >= 15 is 0 Å². The predicted octanol–water partition coefficient (Wildman–Crippen LogP) is 7.44. The van der Waals surface area contributed by atoms with E-state index in [1.807, 2.05) is 30.3 Å². The molecule has 0 radical (unpaired) electrons. The van der Waals surface area contributed by atoms with Gasteiger partial charge in [-0.15, -0.1) is 0 Å². The molecule has 2 fully saturated rings. The average Bonchev–Trinajstić information content (AvgIpc) is 2.96. The number of carbonyl (C=O) groups excluding carboxylic acids is 2. The van der Waals surface area contributed by atoms with E-state index in [2.05, 4.69) is 42.8 Å². The molecule has 7 heteroatoms. The van der Waals surface area contributed by atoms with Gasteiger partial charge in [-0.3, -0.25) is 9.59 Å². The van der Waals surface area contributed by atoms with E-state index in [1.165, 1.54) is 44.9 Å². The van der Waals surface area contributed by atoms with Crippen molar-refractivity contribution in [3.8, 4) is 0 Å². The zero-order chi connectivity index (χ0) is 29.4. The van der Waals surface area contributed by atoms with Crippen molar-refractivity contribution in [3.05, 3.63) is 65.2 Å². The van der Waals surface area contributed by atoms with Crippen LogP contribution in [0.4, 0.5) is 10.5 Å². The van der Waals surface area contributed by atoms with Crippen molar-refractivity contribution >= 4 is 23.6 Å². The van der Waals surface area contributed by atoms with Crippen molar-refractivity contribution in [2.45, 2.75) is 96.4 Å². The molecule has 0 spiro atoms. The zero-order valence-corrected chi connectivity index (χ0v) is 24.9. The molecule has 3 amide bonds. The van der Waals surface area contributed by atoms with Crippen LogP contribution in [0.5, 0.6) is 0 Å². The number of nitrogens with one attached hydrogen (secondary N) is 3. The van der Waals surface area contributed by atoms with E-state index in [-0.39, 0.29) is 36.4 Å². The Bertz CT molecular complexity index is 1170. The summed E-state index contributed by atoms with van der Waals surface area (Å²) in [5.74, 6) is 0.714. The number of rotatable bonds is 9. The number of amides is 3. The average molecular weight is 562 g/mol. The van der Waals surface area contributed by atoms with Gasteiger partial charge < -0.3 is 21.1 Å². The molecule has 1 atom stereocenters. The molecule has 2 aliphatic rings. The third-order valence-electron chi connectivity index (χ3n) is 9.03. The van der Waals surface area contributed by atoms with Gasteiger partial charge >= 0.3 is 12.0 Å². The first kappa shape index (κ1) is 30.6. The van der Waals surface area contributed by atoms with Crippen LogP contribution in [0.15, 0.2) is 48.5 Å². The topological polar surface area (TPSA) is 108 Å². The highest BCUT2D eigenvalue weighted by molar-refractivity contribution is 5.94. The molecule has 0 aliphatic heterocycles. The normalized spacial score (nSPS) is 20.6. The summed E-state index contributed by atoms with van der Waals surface area (Å²) in [6, 6.07) is 15.0. The molecule has 222 valence electrons. The van der Waals surface area contributed by atoms with Gasteiger partial charge in [0.2, 0.25) is 0 Å². The van der Waals surface area contributed by atoms with Crippen molar-refractivity contribution in [2.75, 3.05) is 11.9 Å². The van der Waals surface area contributed by atoms with Crippen molar-refractivity contribution < 1.29 is 19.5 Å². The van der Waals surface area contributed by atoms with Gasteiger partial charge in [0.15, 0.2) is 0 Å². The van der Waals surface area contributed by atoms with Crippen LogP contribution in [-0.2, 0) is 10.2 Å². The SMILES string of the molecule is CC(C)(C)c1cccc(NC(=O)NC(c2ccc(C(=O)NCCC(=O)O)cc2)C2CCC(C3CCCCC3)CC2)c1. The van der Waals surface area contributed by atoms with Crippen LogP contribution in [0.1, 0.15) is 113 Å². The Morgan fingerprint density at radius 1 is 0.878 bits per heavy atom. The molecule has 4 rings (SSSR count). The van der Waals surface area contributed by atoms with E-state index in [4.69, 9.17) is 5.11 Å². The monoisotopic (exact) mass is 561 g/mol. The van der Waals surface area contributed by atoms with Crippen LogP contribution in [-0.4, -0.2) is 29.6 Å². The van der Waals surface area contributed by atoms with Crippen LogP contribution in [0.3, 0.4) is 0 Å². The second-order valence-electron chi connectivity index (χ2n) is 13.0. The molecule has 4 N–H and O–H groups in total. The smallest absolute Gasteiger partial charge is 0.319 e. The molecule has 2 aliphatic carbocycles. The highest BCUT2D eigenvalue weighted by atomic mass is 16.4. The third-order valence-corrected chi connectivity index (χ3v) is 9.03. The largest absolute Gasteiger partial charge is 0.481 e. The molecule has 7 nitrogen and oxygen atoms in total. The van der Waals surface area contributed by atoms with E-state index in [9.17, 15) is 14.4 Å². The molecule has 2 aromatic rings. The maximum Gasteiger partial charge on any atom is 0.319 e. The summed E-state index contributed by atoms with van der Waals surface area (Å²) in [6.45, 7) is 6.55. The number of benzene rings is 2. The maximum absolute atomic E-state index is 13.3. The van der Waals surface area contributed by atoms with Crippen LogP contribution in [0.25, 0.3) is 0 Å². The third kappa shape index (κ3) is 8.82. The van der Waals surface area contributed by atoms with E-state index in [0.29, 0.717) is 11.5 Å². The number of carboxylic acid groups (broad SMARTS) is 1. The van der Waals surface area contributed by atoms with Gasteiger partial charge in [0.1, 0.15) is 0 Å². The molecule has 0 heterocycles. The standard InChI is InChI=1S/C34H47N3O4/c1-34(2,3)28-10-7-11-29(22-28)36-33(41)37-31(25-14-12-24(13-15-25)23-8-5-4-6-9-23)26-16-18-27(19-17-26)32(40)35-21-20-30(38)39/h7,10-11,16-19,22-25,31H,4-6,8-9,12-15,20-21H2,1-3H3,(H,35,40)(H,38,39)(H2,36,37,41). The summed E-state index contributed by atoms with van der Waals surface area (Å²) in [4.78, 5) is 36.6. The number of carbonyl (C=O) groups is 3. The number of anilines is 1. The summed E-state index contributed by atoms with van der Waals surface area (Å²) in [6.07, 6.45) is 11.3. The lowest BCUT2D eigenvalue weighted by molar-refractivity contribution is -0.136. The van der Waals surface area contributed by atoms with Gasteiger partial charge in [0.05, 0.1) is 12.5 Å². The van der Waals surface area contributed by atoms with Gasteiger partial charge in [-0.05, 0) is 84.2 Å². The fourth-order valence-corrected chi connectivity index (χ4v) is 6.63. The molecule has 1 unspecified atom stereocenters. The Morgan fingerprint density at radius 2 is 1.54 bits per heavy atom. The van der Waals surface area contributed by atoms with Crippen LogP contribution < -0.4 is 16.0 Å². The van der Waals surface area contributed by atoms with E-state index < -0.39 is 5.97 Å². The Kier molecular flexibility index (Phi) is 10.5. The fourth-order valence-electron chi connectivity index (χ4n) is 6.63. The first-order valence-electron chi connectivity index (χ1n) is 15.4. The Morgan fingerprint density at radius 3 is 2.17 bits per heavy atom. The molecule has 41 heavy (non-hydrogen) atoms. The number of carboxylic acids is 1. The quantitative estimate of drug-likeness (QED) is 0.255. The van der Waals surface area contributed by atoms with Crippen LogP contribution in [0, 0.1) is 17.8 Å². The second-order valence-corrected chi connectivity index (χ2v) is 13.0. The van der Waals surface area contributed by atoms with Crippen LogP contribution in [0.2, 0.25) is 0 Å². The maximum atomic E-state index is 13.3. The van der Waals surface area contributed by atoms with Crippen LogP contribution >= 0.6 is 0 Å². The summed E-state index contributed by atoms with van der Waals surface area (Å²) < 4.78 is 0. The molecule has 0 bridgehead atoms. The number of urea groups is 1. The zero-order valence-electron chi connectivity index (χ0n) is 24.9. The minimum absolute atomic E-state index is 0.0185. The number of hydrogen-bond acceptors (Lipinski definition) is 3. The Labute approximate surface area is 244 Å². The van der Waals surface area contributed by atoms with E-state index in [0.717, 1.165) is 41.5 Å². The first-order valence-corrected chi connectivity index (χ1v) is 15.4. The summed E-state index contributed by atoms with van der Waals surface area (Å²) in [5, 5.41) is 17.8. The minimum Gasteiger partial charge on any atom is -0.481 e. The number of hydrogen-bond donors (Lipinski definition) is 4. The molecule has 0 saturated heterocycles. The highest BCUT2D eigenvalue weighted by Crippen LogP contribution is 2.43. The summed E-state index contributed by atoms with van der Waals surface area (Å²) in [7, 11) is 0. The lowest BCUT2D eigenvalue weighted by Crippen LogP contribution is -2.38. The highest BCUT2D eigenvalue weighted by Gasteiger charge is 2.33. The second kappa shape index (κ2) is 14.0. The van der Waals surface area contributed by atoms with Crippen molar-refractivity contribution in [1.82, 2.24) is 10.6 Å². The lowest BCUT2D eigenvalue weighted by atomic mass is 9.69. The predicted molar refractivity (Wildman–Crippen MR) is 163 cm³/mol. The Balaban J connectivity index is 1.46. The first-order chi connectivity index (χ1) is 19.6. The summed E-state index contributed by atoms with van der Waals surface area (Å²) >= 11 is 0. The van der Waals surface area contributed by atoms with E-state index in [1.54, 1.807) is 12.1 Å². The molecule has 2 aromatic carbocycles. The molecule has 0 aromatic heterocycles. The fraction of sp³-hybridized carbons (Fsp3) is 0.559. The van der Waals surface area contributed by atoms with Gasteiger partial charge in [-0.25, -0.2) is 4.79 Å². The van der Waals surface area contributed by atoms with Gasteiger partial charge in [-0.1, -0.05) is 77.1 Å². The van der Waals surface area contributed by atoms with Gasteiger partial charge in [0.25, 0.3) is 5.91 Å². The lowest BCUT2D eigenvalue weighted by Gasteiger charge is -2.38. The molecule has 2 saturated carbocycles. The van der Waals surface area contributed by atoms with Gasteiger partial charge in [-0.2, -0.15) is 0 Å².